The van der Waals surface area contributed by atoms with Crippen LogP contribution >= 0.6 is 0 Å². The lowest BCUT2D eigenvalue weighted by molar-refractivity contribution is -0.140. The quantitative estimate of drug-likeness (QED) is 0.597. The predicted octanol–water partition coefficient (Wildman–Crippen LogP) is 1.11. The van der Waals surface area contributed by atoms with Crippen molar-refractivity contribution in [3.05, 3.63) is 28.7 Å². The molecule has 166 valence electrons. The number of aromatic nitrogens is 4. The number of nitrogens with one attached hydrogen (secondary N) is 3. The summed E-state index contributed by atoms with van der Waals surface area (Å²) in [4.78, 5) is 40.7. The van der Waals surface area contributed by atoms with Crippen LogP contribution in [0.2, 0.25) is 0 Å². The summed E-state index contributed by atoms with van der Waals surface area (Å²) < 4.78 is 0. The largest absolute Gasteiger partial charge is 0.347 e. The highest BCUT2D eigenvalue weighted by molar-refractivity contribution is 5.95. The summed E-state index contributed by atoms with van der Waals surface area (Å²) in [5.41, 5.74) is 3.16. The second-order valence-electron chi connectivity index (χ2n) is 8.57. The molecule has 0 aromatic carbocycles. The van der Waals surface area contributed by atoms with Gasteiger partial charge in [-0.3, -0.25) is 19.3 Å². The van der Waals surface area contributed by atoms with E-state index in [1.54, 1.807) is 4.90 Å². The van der Waals surface area contributed by atoms with Crippen molar-refractivity contribution in [1.82, 2.24) is 36.2 Å². The molecule has 3 amide bonds. The molecule has 0 saturated carbocycles. The Labute approximate surface area is 180 Å². The van der Waals surface area contributed by atoms with Crippen LogP contribution in [0.4, 0.5) is 0 Å². The zero-order valence-corrected chi connectivity index (χ0v) is 18.0. The minimum absolute atomic E-state index is 0.111. The summed E-state index contributed by atoms with van der Waals surface area (Å²) >= 11 is 0. The van der Waals surface area contributed by atoms with Crippen molar-refractivity contribution in [2.24, 2.45) is 5.92 Å². The standard InChI is InChI=1S/C21H29N7O3/c1-3-12(2)9-18(29)23-15-8-7-13-5-4-6-14-10-16(28(19(13)14)21(15)31)20(30)22-11-17-24-26-27-25-17/h6,12,15-16H,3-5,7-11H2,1-2H3,(H,22,30)(H,23,29)(H,24,25,26,27). The SMILES string of the molecule is CCC(C)CC(=O)NC1CCC2=C3C(=CCC2)CC(C(=O)NCc2nn[nH]n2)N3C1=O. The molecule has 1 fully saturated rings. The van der Waals surface area contributed by atoms with Gasteiger partial charge in [0.1, 0.15) is 12.1 Å². The normalized spacial score (nSPS) is 23.7. The lowest BCUT2D eigenvalue weighted by atomic mass is 9.92. The van der Waals surface area contributed by atoms with Gasteiger partial charge < -0.3 is 10.6 Å². The molecular weight excluding hydrogens is 398 g/mol. The monoisotopic (exact) mass is 427 g/mol. The van der Waals surface area contributed by atoms with E-state index in [0.29, 0.717) is 25.1 Å². The van der Waals surface area contributed by atoms with Crippen LogP contribution in [0.15, 0.2) is 22.9 Å². The van der Waals surface area contributed by atoms with Crippen molar-refractivity contribution < 1.29 is 14.4 Å². The summed E-state index contributed by atoms with van der Waals surface area (Å²) in [6.07, 6.45) is 7.03. The van der Waals surface area contributed by atoms with Gasteiger partial charge in [0.25, 0.3) is 0 Å². The minimum Gasteiger partial charge on any atom is -0.347 e. The number of nitrogens with zero attached hydrogens (tertiary/aromatic N) is 4. The molecule has 1 aliphatic carbocycles. The lowest BCUT2D eigenvalue weighted by Crippen LogP contribution is -2.52. The number of hydrogen-bond donors (Lipinski definition) is 3. The Bertz CT molecular complexity index is 921. The van der Waals surface area contributed by atoms with Crippen molar-refractivity contribution in [2.45, 2.75) is 77.4 Å². The molecule has 0 radical (unpaired) electrons. The fraction of sp³-hybridized carbons (Fsp3) is 0.619. The summed E-state index contributed by atoms with van der Waals surface area (Å²) in [6, 6.07) is -1.25. The number of carbonyl (C=O) groups is 3. The maximum Gasteiger partial charge on any atom is 0.250 e. The van der Waals surface area contributed by atoms with E-state index in [1.165, 1.54) is 5.57 Å². The number of carbonyl (C=O) groups excluding carboxylic acids is 3. The molecule has 1 aromatic rings. The molecule has 3 unspecified atom stereocenters. The number of allylic oxidation sites excluding steroid dienone is 3. The van der Waals surface area contributed by atoms with Gasteiger partial charge in [-0.05, 0) is 42.7 Å². The van der Waals surface area contributed by atoms with Gasteiger partial charge >= 0.3 is 0 Å². The Hall–Kier alpha value is -3.04. The molecule has 0 spiro atoms. The van der Waals surface area contributed by atoms with Gasteiger partial charge in [0.05, 0.1) is 6.54 Å². The van der Waals surface area contributed by atoms with Gasteiger partial charge in [-0.2, -0.15) is 5.21 Å². The summed E-state index contributed by atoms with van der Waals surface area (Å²) in [6.45, 7) is 4.20. The van der Waals surface area contributed by atoms with Crippen LogP contribution in [0.25, 0.3) is 0 Å². The average Bonchev–Trinajstić information content (AvgIpc) is 3.39. The van der Waals surface area contributed by atoms with E-state index in [4.69, 9.17) is 0 Å². The first kappa shape index (κ1) is 21.2. The van der Waals surface area contributed by atoms with Crippen LogP contribution in [0, 0.1) is 5.92 Å². The maximum atomic E-state index is 13.5. The van der Waals surface area contributed by atoms with Crippen LogP contribution in [-0.4, -0.2) is 55.3 Å². The molecule has 10 heteroatoms. The molecule has 1 saturated heterocycles. The molecule has 3 atom stereocenters. The van der Waals surface area contributed by atoms with E-state index in [1.807, 2.05) is 13.8 Å². The van der Waals surface area contributed by atoms with Gasteiger partial charge in [-0.1, -0.05) is 31.6 Å². The summed E-state index contributed by atoms with van der Waals surface area (Å²) in [5.74, 6) is 0.0671. The highest BCUT2D eigenvalue weighted by Gasteiger charge is 2.46. The van der Waals surface area contributed by atoms with Crippen molar-refractivity contribution in [3.63, 3.8) is 0 Å². The highest BCUT2D eigenvalue weighted by atomic mass is 16.2. The number of tetrazole rings is 1. The molecule has 0 bridgehead atoms. The fourth-order valence-electron chi connectivity index (χ4n) is 4.54. The van der Waals surface area contributed by atoms with E-state index < -0.39 is 12.1 Å². The number of aromatic amines is 1. The molecule has 10 nitrogen and oxygen atoms in total. The van der Waals surface area contributed by atoms with Gasteiger partial charge in [-0.15, -0.1) is 10.2 Å². The molecule has 3 N–H and O–H groups in total. The van der Waals surface area contributed by atoms with E-state index in [-0.39, 0.29) is 30.2 Å². The number of hydrogen-bond acceptors (Lipinski definition) is 6. The van der Waals surface area contributed by atoms with Crippen molar-refractivity contribution in [2.75, 3.05) is 0 Å². The Morgan fingerprint density at radius 2 is 2.19 bits per heavy atom. The first-order valence-corrected chi connectivity index (χ1v) is 11.0. The molecule has 3 heterocycles. The smallest absolute Gasteiger partial charge is 0.250 e. The van der Waals surface area contributed by atoms with E-state index in [9.17, 15) is 14.4 Å². The van der Waals surface area contributed by atoms with Crippen LogP contribution in [0.5, 0.6) is 0 Å². The second-order valence-corrected chi connectivity index (χ2v) is 8.57. The third kappa shape index (κ3) is 4.38. The Morgan fingerprint density at radius 3 is 2.94 bits per heavy atom. The second kappa shape index (κ2) is 8.99. The van der Waals surface area contributed by atoms with Crippen molar-refractivity contribution >= 4 is 17.7 Å². The molecular formula is C21H29N7O3. The Morgan fingerprint density at radius 1 is 1.35 bits per heavy atom. The molecule has 2 aliphatic heterocycles. The zero-order valence-electron chi connectivity index (χ0n) is 18.0. The summed E-state index contributed by atoms with van der Waals surface area (Å²) in [5, 5.41) is 19.3. The maximum absolute atomic E-state index is 13.5. The zero-order chi connectivity index (χ0) is 22.0. The first-order chi connectivity index (χ1) is 15.0. The Balaban J connectivity index is 1.53. The van der Waals surface area contributed by atoms with Crippen LogP contribution in [0.1, 0.15) is 64.6 Å². The van der Waals surface area contributed by atoms with Crippen molar-refractivity contribution in [3.8, 4) is 0 Å². The average molecular weight is 428 g/mol. The van der Waals surface area contributed by atoms with Crippen molar-refractivity contribution in [1.29, 1.82) is 0 Å². The molecule has 1 aromatic heterocycles. The Kier molecular flexibility index (Phi) is 6.15. The third-order valence-corrected chi connectivity index (χ3v) is 6.39. The molecule has 4 rings (SSSR count). The van der Waals surface area contributed by atoms with Crippen LogP contribution < -0.4 is 10.6 Å². The van der Waals surface area contributed by atoms with Gasteiger partial charge in [0, 0.05) is 18.5 Å². The summed E-state index contributed by atoms with van der Waals surface area (Å²) in [7, 11) is 0. The number of rotatable bonds is 7. The topological polar surface area (TPSA) is 133 Å². The van der Waals surface area contributed by atoms with Gasteiger partial charge in [0.15, 0.2) is 5.82 Å². The van der Waals surface area contributed by atoms with E-state index in [2.05, 4.69) is 37.3 Å². The predicted molar refractivity (Wildman–Crippen MR) is 111 cm³/mol. The molecule has 3 aliphatic rings. The first-order valence-electron chi connectivity index (χ1n) is 11.0. The minimum atomic E-state index is -0.638. The fourth-order valence-corrected chi connectivity index (χ4v) is 4.54. The van der Waals surface area contributed by atoms with Gasteiger partial charge in [-0.25, -0.2) is 0 Å². The lowest BCUT2D eigenvalue weighted by Gasteiger charge is -2.28. The van der Waals surface area contributed by atoms with E-state index in [0.717, 1.165) is 37.0 Å². The third-order valence-electron chi connectivity index (χ3n) is 6.39. The van der Waals surface area contributed by atoms with Gasteiger partial charge in [0.2, 0.25) is 17.7 Å². The van der Waals surface area contributed by atoms with Crippen LogP contribution in [-0.2, 0) is 20.9 Å². The molecule has 31 heavy (non-hydrogen) atoms. The van der Waals surface area contributed by atoms with Crippen LogP contribution in [0.3, 0.4) is 0 Å². The van der Waals surface area contributed by atoms with E-state index >= 15 is 0 Å². The number of H-pyrrole nitrogens is 1. The number of amides is 3. The highest BCUT2D eigenvalue weighted by Crippen LogP contribution is 2.43.